The summed E-state index contributed by atoms with van der Waals surface area (Å²) in [4.78, 5) is 4.62. The third-order valence-electron chi connectivity index (χ3n) is 3.26. The summed E-state index contributed by atoms with van der Waals surface area (Å²) in [5.41, 5.74) is 1.03. The highest BCUT2D eigenvalue weighted by Crippen LogP contribution is 2.11. The summed E-state index contributed by atoms with van der Waals surface area (Å²) in [5.74, 6) is 0. The van der Waals surface area contributed by atoms with Gasteiger partial charge in [0.25, 0.3) is 10.0 Å². The monoisotopic (exact) mass is 342 g/mol. The Kier molecular flexibility index (Phi) is 8.56. The van der Waals surface area contributed by atoms with Gasteiger partial charge in [0.1, 0.15) is 0 Å². The van der Waals surface area contributed by atoms with Crippen LogP contribution < -0.4 is 4.72 Å². The van der Waals surface area contributed by atoms with E-state index in [2.05, 4.69) is 16.6 Å². The molecule has 0 heterocycles. The van der Waals surface area contributed by atoms with E-state index < -0.39 is 10.0 Å². The summed E-state index contributed by atoms with van der Waals surface area (Å²) < 4.78 is 27.1. The van der Waals surface area contributed by atoms with Gasteiger partial charge in [-0.1, -0.05) is 62.1 Å². The quantitative estimate of drug-likeness (QED) is 0.442. The molecule has 0 atom stereocenters. The molecule has 0 amide bonds. The highest BCUT2D eigenvalue weighted by atomic mass is 32.2. The van der Waals surface area contributed by atoms with Crippen LogP contribution in [0.1, 0.15) is 44.6 Å². The van der Waals surface area contributed by atoms with Crippen LogP contribution in [-0.4, -0.2) is 26.4 Å². The molecule has 0 unspecified atom stereocenters. The first-order valence-corrected chi connectivity index (χ1v) is 10.4. The van der Waals surface area contributed by atoms with Crippen LogP contribution in [-0.2, 0) is 10.0 Å². The number of rotatable bonds is 8. The molecule has 1 aromatic carbocycles. The Morgan fingerprint density at radius 3 is 2.36 bits per heavy atom. The molecular weight excluding hydrogens is 316 g/mol. The summed E-state index contributed by atoms with van der Waals surface area (Å²) >= 11 is 1.32. The summed E-state index contributed by atoms with van der Waals surface area (Å²) in [6, 6.07) is 6.80. The van der Waals surface area contributed by atoms with Crippen LogP contribution in [0.4, 0.5) is 0 Å². The minimum absolute atomic E-state index is 0.266. The zero-order valence-electron chi connectivity index (χ0n) is 13.6. The largest absolute Gasteiger partial charge is 0.263 e. The molecule has 22 heavy (non-hydrogen) atoms. The van der Waals surface area contributed by atoms with E-state index in [1.165, 1.54) is 31.0 Å². The van der Waals surface area contributed by atoms with Crippen molar-refractivity contribution in [2.75, 3.05) is 12.8 Å². The molecule has 0 aromatic heterocycles. The maximum Gasteiger partial charge on any atom is 0.263 e. The van der Waals surface area contributed by atoms with Crippen molar-refractivity contribution >= 4 is 27.0 Å². The van der Waals surface area contributed by atoms with Crippen molar-refractivity contribution < 1.29 is 8.42 Å². The maximum atomic E-state index is 12.3. The van der Waals surface area contributed by atoms with Crippen molar-refractivity contribution in [2.24, 2.45) is 4.99 Å². The second kappa shape index (κ2) is 9.90. The fourth-order valence-electron chi connectivity index (χ4n) is 1.93. The van der Waals surface area contributed by atoms with Crippen LogP contribution in [0.5, 0.6) is 0 Å². The van der Waals surface area contributed by atoms with E-state index in [-0.39, 0.29) is 4.90 Å². The molecule has 1 rings (SSSR count). The second-order valence-corrected chi connectivity index (χ2v) is 7.70. The minimum Gasteiger partial charge on any atom is -0.262 e. The van der Waals surface area contributed by atoms with Gasteiger partial charge in [0.05, 0.1) is 4.90 Å². The zero-order valence-corrected chi connectivity index (χ0v) is 15.3. The van der Waals surface area contributed by atoms with E-state index in [0.29, 0.717) is 11.7 Å². The molecule has 0 saturated heterocycles. The molecule has 0 aliphatic heterocycles. The lowest BCUT2D eigenvalue weighted by Crippen LogP contribution is -2.28. The van der Waals surface area contributed by atoms with E-state index in [4.69, 9.17) is 0 Å². The highest BCUT2D eigenvalue weighted by molar-refractivity contribution is 8.14. The first kappa shape index (κ1) is 19.0. The highest BCUT2D eigenvalue weighted by Gasteiger charge is 2.15. The molecule has 0 aliphatic carbocycles. The summed E-state index contributed by atoms with van der Waals surface area (Å²) in [6.07, 6.45) is 7.65. The van der Waals surface area contributed by atoms with Crippen molar-refractivity contribution in [2.45, 2.75) is 50.8 Å². The van der Waals surface area contributed by atoms with Crippen LogP contribution in [0.25, 0.3) is 0 Å². The van der Waals surface area contributed by atoms with Crippen molar-refractivity contribution in [1.82, 2.24) is 4.72 Å². The van der Waals surface area contributed by atoms with Gasteiger partial charge >= 0.3 is 0 Å². The standard InChI is InChI=1S/C16H26N2O2S2/c1-4-5-6-7-8-13-17-16(21-3)18-22(19,20)15-11-9-14(2)10-12-15/h9-12H,4-8,13H2,1-3H3,(H,17,18). The molecule has 4 nitrogen and oxygen atoms in total. The first-order valence-electron chi connectivity index (χ1n) is 7.67. The van der Waals surface area contributed by atoms with Gasteiger partial charge < -0.3 is 0 Å². The smallest absolute Gasteiger partial charge is 0.262 e. The van der Waals surface area contributed by atoms with E-state index in [0.717, 1.165) is 18.4 Å². The number of unbranched alkanes of at least 4 members (excludes halogenated alkanes) is 4. The van der Waals surface area contributed by atoms with Gasteiger partial charge in [-0.2, -0.15) is 0 Å². The lowest BCUT2D eigenvalue weighted by atomic mass is 10.2. The summed E-state index contributed by atoms with van der Waals surface area (Å²) in [5, 5.41) is 0.455. The van der Waals surface area contributed by atoms with Crippen LogP contribution in [0.2, 0.25) is 0 Å². The number of aryl methyl sites for hydroxylation is 1. The second-order valence-electron chi connectivity index (χ2n) is 5.22. The van der Waals surface area contributed by atoms with E-state index in [1.54, 1.807) is 24.3 Å². The minimum atomic E-state index is -3.54. The Morgan fingerprint density at radius 2 is 1.77 bits per heavy atom. The van der Waals surface area contributed by atoms with Gasteiger partial charge in [0.15, 0.2) is 5.17 Å². The number of hydrogen-bond acceptors (Lipinski definition) is 4. The van der Waals surface area contributed by atoms with Gasteiger partial charge in [0.2, 0.25) is 0 Å². The van der Waals surface area contributed by atoms with Crippen molar-refractivity contribution in [3.8, 4) is 0 Å². The predicted molar refractivity (Wildman–Crippen MR) is 96.1 cm³/mol. The number of benzene rings is 1. The van der Waals surface area contributed by atoms with Gasteiger partial charge in [0, 0.05) is 6.54 Å². The number of aliphatic imine (C=N–C) groups is 1. The van der Waals surface area contributed by atoms with Crippen LogP contribution in [0.3, 0.4) is 0 Å². The first-order chi connectivity index (χ1) is 10.5. The fourth-order valence-corrected chi connectivity index (χ4v) is 3.72. The number of amidine groups is 1. The number of sulfonamides is 1. The lowest BCUT2D eigenvalue weighted by molar-refractivity contribution is 0.592. The van der Waals surface area contributed by atoms with Crippen molar-refractivity contribution in [3.63, 3.8) is 0 Å². The normalized spacial score (nSPS) is 12.4. The average Bonchev–Trinajstić information content (AvgIpc) is 2.49. The van der Waals surface area contributed by atoms with Gasteiger partial charge in [-0.15, -0.1) is 0 Å². The van der Waals surface area contributed by atoms with E-state index in [1.807, 2.05) is 13.2 Å². The Balaban J connectivity index is 2.58. The maximum absolute atomic E-state index is 12.3. The molecule has 124 valence electrons. The van der Waals surface area contributed by atoms with E-state index in [9.17, 15) is 8.42 Å². The molecule has 6 heteroatoms. The number of thioether (sulfide) groups is 1. The fraction of sp³-hybridized carbons (Fsp3) is 0.562. The average molecular weight is 343 g/mol. The molecule has 0 saturated carbocycles. The number of nitrogens with one attached hydrogen (secondary N) is 1. The van der Waals surface area contributed by atoms with Crippen LogP contribution in [0.15, 0.2) is 34.2 Å². The molecule has 0 radical (unpaired) electrons. The third-order valence-corrected chi connectivity index (χ3v) is 5.37. The SMILES string of the molecule is CCCCCCCN=C(NS(=O)(=O)c1ccc(C)cc1)SC. The molecule has 0 aliphatic rings. The zero-order chi connectivity index (χ0) is 16.4. The summed E-state index contributed by atoms with van der Waals surface area (Å²) in [6.45, 7) is 4.78. The topological polar surface area (TPSA) is 58.5 Å². The summed E-state index contributed by atoms with van der Waals surface area (Å²) in [7, 11) is -3.54. The van der Waals surface area contributed by atoms with Crippen molar-refractivity contribution in [3.05, 3.63) is 29.8 Å². The Bertz CT molecular complexity index is 566. The third kappa shape index (κ3) is 6.83. The van der Waals surface area contributed by atoms with Crippen molar-refractivity contribution in [1.29, 1.82) is 0 Å². The Labute approximate surface area is 138 Å². The van der Waals surface area contributed by atoms with E-state index >= 15 is 0 Å². The Morgan fingerprint density at radius 1 is 1.14 bits per heavy atom. The van der Waals surface area contributed by atoms with Crippen LogP contribution >= 0.6 is 11.8 Å². The van der Waals surface area contributed by atoms with Gasteiger partial charge in [-0.05, 0) is 31.7 Å². The lowest BCUT2D eigenvalue weighted by Gasteiger charge is -2.09. The molecule has 0 fully saturated rings. The predicted octanol–water partition coefficient (Wildman–Crippen LogP) is 3.96. The molecule has 0 spiro atoms. The Hall–Kier alpha value is -1.01. The molecule has 1 aromatic rings. The molecule has 1 N–H and O–H groups in total. The molecule has 0 bridgehead atoms. The van der Waals surface area contributed by atoms with Gasteiger partial charge in [-0.25, -0.2) is 8.42 Å². The van der Waals surface area contributed by atoms with Crippen LogP contribution in [0, 0.1) is 6.92 Å². The number of nitrogens with zero attached hydrogens (tertiary/aromatic N) is 1. The van der Waals surface area contributed by atoms with Gasteiger partial charge in [-0.3, -0.25) is 9.71 Å². The number of hydrogen-bond donors (Lipinski definition) is 1. The molecular formula is C16H26N2O2S2.